The van der Waals surface area contributed by atoms with E-state index in [1.165, 1.54) is 16.8 Å². The molecule has 27 heavy (non-hydrogen) atoms. The van der Waals surface area contributed by atoms with Gasteiger partial charge in [0.15, 0.2) is 0 Å². The molecule has 1 aliphatic heterocycles. The van der Waals surface area contributed by atoms with Gasteiger partial charge < -0.3 is 20.6 Å². The number of nitrogens with one attached hydrogen (secondary N) is 2. The minimum Gasteiger partial charge on any atom is -0.393 e. The lowest BCUT2D eigenvalue weighted by atomic mass is 9.88. The van der Waals surface area contributed by atoms with Crippen molar-refractivity contribution >= 4 is 17.4 Å². The van der Waals surface area contributed by atoms with Gasteiger partial charge in [0, 0.05) is 37.4 Å². The van der Waals surface area contributed by atoms with Crippen LogP contribution < -0.4 is 15.5 Å². The first-order chi connectivity index (χ1) is 13.1. The lowest BCUT2D eigenvalue weighted by molar-refractivity contribution is 0.159. The molecule has 3 N–H and O–H groups in total. The molecule has 2 aromatic rings. The van der Waals surface area contributed by atoms with Gasteiger partial charge in [-0.3, -0.25) is 0 Å². The number of carbonyl (C=O) groups excluding carboxylic acids is 1. The van der Waals surface area contributed by atoms with Crippen molar-refractivity contribution < 1.29 is 9.90 Å². The maximum Gasteiger partial charge on any atom is 0.319 e. The van der Waals surface area contributed by atoms with Gasteiger partial charge in [-0.2, -0.15) is 0 Å². The summed E-state index contributed by atoms with van der Waals surface area (Å²) in [6, 6.07) is 14.5. The SMILES string of the molecule is CN1c2ccccc2CCC1CNC(=O)Nc1cccc2c1CC(O)CC2. The zero-order chi connectivity index (χ0) is 18.8. The fourth-order valence-electron chi connectivity index (χ4n) is 4.28. The highest BCUT2D eigenvalue weighted by Gasteiger charge is 2.24. The van der Waals surface area contributed by atoms with E-state index in [0.29, 0.717) is 13.0 Å². The van der Waals surface area contributed by atoms with Crippen molar-refractivity contribution in [3.05, 3.63) is 59.2 Å². The van der Waals surface area contributed by atoms with Crippen molar-refractivity contribution in [2.24, 2.45) is 0 Å². The zero-order valence-electron chi connectivity index (χ0n) is 15.7. The molecule has 2 atom stereocenters. The summed E-state index contributed by atoms with van der Waals surface area (Å²) in [5.41, 5.74) is 5.72. The average Bonchev–Trinajstić information content (AvgIpc) is 2.68. The van der Waals surface area contributed by atoms with E-state index in [9.17, 15) is 9.90 Å². The number of anilines is 2. The van der Waals surface area contributed by atoms with Crippen LogP contribution in [0.15, 0.2) is 42.5 Å². The second kappa shape index (κ2) is 7.61. The molecule has 5 nitrogen and oxygen atoms in total. The maximum absolute atomic E-state index is 12.5. The van der Waals surface area contributed by atoms with Crippen LogP contribution in [0.3, 0.4) is 0 Å². The number of benzene rings is 2. The Labute approximate surface area is 160 Å². The van der Waals surface area contributed by atoms with Crippen LogP contribution in [-0.2, 0) is 19.3 Å². The van der Waals surface area contributed by atoms with Gasteiger partial charge in [-0.25, -0.2) is 4.79 Å². The Morgan fingerprint density at radius 2 is 1.89 bits per heavy atom. The van der Waals surface area contributed by atoms with Gasteiger partial charge in [-0.15, -0.1) is 0 Å². The van der Waals surface area contributed by atoms with Gasteiger partial charge in [0.1, 0.15) is 0 Å². The van der Waals surface area contributed by atoms with Gasteiger partial charge in [0.2, 0.25) is 0 Å². The molecule has 1 aliphatic carbocycles. The molecule has 2 aliphatic rings. The lowest BCUT2D eigenvalue weighted by Crippen LogP contribution is -2.45. The summed E-state index contributed by atoms with van der Waals surface area (Å²) >= 11 is 0. The summed E-state index contributed by atoms with van der Waals surface area (Å²) < 4.78 is 0. The molecule has 0 saturated carbocycles. The lowest BCUT2D eigenvalue weighted by Gasteiger charge is -2.36. The van der Waals surface area contributed by atoms with Crippen molar-refractivity contribution in [1.82, 2.24) is 5.32 Å². The second-order valence-corrected chi connectivity index (χ2v) is 7.61. The monoisotopic (exact) mass is 365 g/mol. The van der Waals surface area contributed by atoms with Crippen LogP contribution in [0.1, 0.15) is 29.5 Å². The van der Waals surface area contributed by atoms with Crippen LogP contribution in [-0.4, -0.2) is 36.9 Å². The van der Waals surface area contributed by atoms with Crippen LogP contribution in [0.25, 0.3) is 0 Å². The van der Waals surface area contributed by atoms with Crippen LogP contribution in [0, 0.1) is 0 Å². The number of para-hydroxylation sites is 1. The van der Waals surface area contributed by atoms with E-state index in [-0.39, 0.29) is 18.2 Å². The highest BCUT2D eigenvalue weighted by molar-refractivity contribution is 5.90. The van der Waals surface area contributed by atoms with E-state index in [1.54, 1.807) is 0 Å². The number of aryl methyl sites for hydroxylation is 2. The van der Waals surface area contributed by atoms with Gasteiger partial charge in [0.05, 0.1) is 6.10 Å². The Kier molecular flexibility index (Phi) is 5.03. The van der Waals surface area contributed by atoms with Crippen LogP contribution in [0.5, 0.6) is 0 Å². The molecule has 4 rings (SSSR count). The first-order valence-corrected chi connectivity index (χ1v) is 9.76. The third kappa shape index (κ3) is 3.78. The number of aliphatic hydroxyl groups is 1. The van der Waals surface area contributed by atoms with Crippen molar-refractivity contribution in [3.63, 3.8) is 0 Å². The molecular weight excluding hydrogens is 338 g/mol. The van der Waals surface area contributed by atoms with E-state index in [0.717, 1.165) is 36.9 Å². The van der Waals surface area contributed by atoms with Gasteiger partial charge >= 0.3 is 6.03 Å². The molecule has 1 heterocycles. The van der Waals surface area contributed by atoms with Crippen molar-refractivity contribution in [2.45, 2.75) is 44.2 Å². The van der Waals surface area contributed by atoms with Gasteiger partial charge in [-0.05, 0) is 54.5 Å². The Hall–Kier alpha value is -2.53. The smallest absolute Gasteiger partial charge is 0.319 e. The molecule has 2 unspecified atom stereocenters. The molecule has 0 spiro atoms. The van der Waals surface area contributed by atoms with E-state index in [4.69, 9.17) is 0 Å². The summed E-state index contributed by atoms with van der Waals surface area (Å²) in [6.45, 7) is 0.605. The normalized spacial score (nSPS) is 21.2. The number of hydrogen-bond donors (Lipinski definition) is 3. The Morgan fingerprint density at radius 3 is 2.78 bits per heavy atom. The predicted molar refractivity (Wildman–Crippen MR) is 108 cm³/mol. The number of urea groups is 1. The average molecular weight is 365 g/mol. The summed E-state index contributed by atoms with van der Waals surface area (Å²) in [7, 11) is 2.09. The molecule has 0 saturated heterocycles. The predicted octanol–water partition coefficient (Wildman–Crippen LogP) is 3.11. The minimum atomic E-state index is -0.320. The first kappa shape index (κ1) is 17.9. The summed E-state index contributed by atoms with van der Waals surface area (Å²) in [4.78, 5) is 14.7. The highest BCUT2D eigenvalue weighted by atomic mass is 16.3. The molecular formula is C22H27N3O2. The largest absolute Gasteiger partial charge is 0.393 e. The third-order valence-corrected chi connectivity index (χ3v) is 5.87. The van der Waals surface area contributed by atoms with Crippen molar-refractivity contribution in [3.8, 4) is 0 Å². The number of hydrogen-bond acceptors (Lipinski definition) is 3. The van der Waals surface area contributed by atoms with Crippen molar-refractivity contribution in [2.75, 3.05) is 23.8 Å². The topological polar surface area (TPSA) is 64.6 Å². The van der Waals surface area contributed by atoms with E-state index in [1.807, 2.05) is 12.1 Å². The number of aliphatic hydroxyl groups excluding tert-OH is 1. The Balaban J connectivity index is 1.37. The van der Waals surface area contributed by atoms with E-state index >= 15 is 0 Å². The highest BCUT2D eigenvalue weighted by Crippen LogP contribution is 2.29. The standard InChI is InChI=1S/C22H27N3O2/c1-25-17(11-9-16-5-2-3-8-21(16)25)14-23-22(27)24-20-7-4-6-15-10-12-18(26)13-19(15)20/h2-8,17-18,26H,9-14H2,1H3,(H2,23,24,27). The Bertz CT molecular complexity index is 836. The molecule has 2 amide bonds. The molecule has 0 bridgehead atoms. The second-order valence-electron chi connectivity index (χ2n) is 7.61. The number of carbonyl (C=O) groups is 1. The number of rotatable bonds is 3. The number of fused-ring (bicyclic) bond motifs is 2. The van der Waals surface area contributed by atoms with E-state index in [2.05, 4.69) is 52.9 Å². The number of amides is 2. The fourth-order valence-corrected chi connectivity index (χ4v) is 4.28. The Morgan fingerprint density at radius 1 is 1.11 bits per heavy atom. The molecule has 0 radical (unpaired) electrons. The quantitative estimate of drug-likeness (QED) is 0.783. The maximum atomic E-state index is 12.5. The van der Waals surface area contributed by atoms with E-state index < -0.39 is 0 Å². The molecule has 0 fully saturated rings. The van der Waals surface area contributed by atoms with Gasteiger partial charge in [-0.1, -0.05) is 30.3 Å². The third-order valence-electron chi connectivity index (χ3n) is 5.87. The molecule has 142 valence electrons. The molecule has 5 heteroatoms. The van der Waals surface area contributed by atoms with Crippen molar-refractivity contribution in [1.29, 1.82) is 0 Å². The summed E-state index contributed by atoms with van der Waals surface area (Å²) in [5.74, 6) is 0. The summed E-state index contributed by atoms with van der Waals surface area (Å²) in [6.07, 6.45) is 4.00. The van der Waals surface area contributed by atoms with Gasteiger partial charge in [0.25, 0.3) is 0 Å². The number of nitrogens with zero attached hydrogens (tertiary/aromatic N) is 1. The molecule has 0 aromatic heterocycles. The zero-order valence-corrected chi connectivity index (χ0v) is 15.7. The fraction of sp³-hybridized carbons (Fsp3) is 0.409. The van der Waals surface area contributed by atoms with Crippen LogP contribution in [0.4, 0.5) is 16.2 Å². The van der Waals surface area contributed by atoms with Crippen LogP contribution in [0.2, 0.25) is 0 Å². The minimum absolute atomic E-state index is 0.185. The number of likely N-dealkylation sites (N-methyl/N-ethyl adjacent to an activating group) is 1. The first-order valence-electron chi connectivity index (χ1n) is 9.76. The summed E-state index contributed by atoms with van der Waals surface area (Å²) in [5, 5.41) is 16.0. The van der Waals surface area contributed by atoms with Crippen LogP contribution >= 0.6 is 0 Å². The molecule has 2 aromatic carbocycles.